The monoisotopic (exact) mass is 270 g/mol. The van der Waals surface area contributed by atoms with E-state index in [9.17, 15) is 0 Å². The Kier molecular flexibility index (Phi) is 4.75. The minimum Gasteiger partial charge on any atom is -0.408 e. The number of nitrogens with zero attached hydrogens (tertiary/aromatic N) is 5. The molecule has 1 unspecified atom stereocenters. The van der Waals surface area contributed by atoms with Crippen LogP contribution in [0.3, 0.4) is 0 Å². The van der Waals surface area contributed by atoms with E-state index >= 15 is 0 Å². The normalized spacial score (nSPS) is 23.1. The molecule has 0 fully saturated rings. The van der Waals surface area contributed by atoms with E-state index in [2.05, 4.69) is 29.1 Å². The second-order valence-corrected chi connectivity index (χ2v) is 5.50. The number of rotatable bonds is 3. The highest BCUT2D eigenvalue weighted by Crippen LogP contribution is 2.20. The van der Waals surface area contributed by atoms with E-state index < -0.39 is 5.97 Å². The smallest absolute Gasteiger partial charge is 0.329 e. The second-order valence-electron chi connectivity index (χ2n) is 5.50. The number of nitrogens with one attached hydrogen (secondary N) is 1. The van der Waals surface area contributed by atoms with Crippen molar-refractivity contribution in [3.05, 3.63) is 0 Å². The Morgan fingerprint density at radius 3 is 2.00 bits per heavy atom. The number of ether oxygens (including phenoxy) is 1. The summed E-state index contributed by atoms with van der Waals surface area (Å²) in [6.07, 6.45) is 0. The predicted octanol–water partition coefficient (Wildman–Crippen LogP) is 0.0227. The maximum absolute atomic E-state index is 5.96. The third kappa shape index (κ3) is 3.57. The summed E-state index contributed by atoms with van der Waals surface area (Å²) in [5, 5.41) is 3.35. The molecule has 0 aliphatic carbocycles. The molecule has 110 valence electrons. The molecule has 0 radical (unpaired) electrons. The molecule has 1 N–H and O–H groups in total. The number of amidine groups is 1. The highest BCUT2D eigenvalue weighted by molar-refractivity contribution is 5.93. The van der Waals surface area contributed by atoms with Crippen LogP contribution in [-0.2, 0) is 4.74 Å². The molecular weight excluding hydrogens is 244 g/mol. The molecule has 0 aromatic carbocycles. The Bertz CT molecular complexity index is 374. The van der Waals surface area contributed by atoms with Crippen LogP contribution in [0.5, 0.6) is 0 Å². The molecular formula is C12H26N6O. The van der Waals surface area contributed by atoms with Crippen molar-refractivity contribution in [1.82, 2.24) is 20.0 Å². The van der Waals surface area contributed by atoms with Crippen LogP contribution in [-0.4, -0.2) is 81.0 Å². The molecule has 1 aliphatic heterocycles. The van der Waals surface area contributed by atoms with E-state index in [4.69, 9.17) is 4.74 Å². The van der Waals surface area contributed by atoms with Gasteiger partial charge in [0, 0.05) is 34.2 Å². The fourth-order valence-electron chi connectivity index (χ4n) is 1.57. The summed E-state index contributed by atoms with van der Waals surface area (Å²) in [5.74, 6) is -0.313. The molecule has 0 bridgehead atoms. The zero-order valence-corrected chi connectivity index (χ0v) is 13.2. The summed E-state index contributed by atoms with van der Waals surface area (Å²) in [6.45, 7) is 4.11. The fraction of sp³-hybridized carbons (Fsp3) is 0.833. The van der Waals surface area contributed by atoms with Crippen molar-refractivity contribution in [1.29, 1.82) is 0 Å². The molecule has 7 nitrogen and oxygen atoms in total. The first-order valence-electron chi connectivity index (χ1n) is 6.35. The highest BCUT2D eigenvalue weighted by Gasteiger charge is 2.41. The van der Waals surface area contributed by atoms with Gasteiger partial charge in [0.1, 0.15) is 0 Å². The van der Waals surface area contributed by atoms with Gasteiger partial charge >= 0.3 is 5.97 Å². The number of hydrogen-bond acceptors (Lipinski definition) is 7. The van der Waals surface area contributed by atoms with Crippen LogP contribution >= 0.6 is 0 Å². The third-order valence-corrected chi connectivity index (χ3v) is 2.55. The van der Waals surface area contributed by atoms with Crippen LogP contribution < -0.4 is 5.32 Å². The lowest BCUT2D eigenvalue weighted by Gasteiger charge is -2.41. The Hall–Kier alpha value is -1.34. The Morgan fingerprint density at radius 1 is 1.05 bits per heavy atom. The summed E-state index contributed by atoms with van der Waals surface area (Å²) < 4.78 is 5.96. The SMILES string of the molecule is CC(C)NC1(N(C)C)N=C(N(C)C)N=C(N(C)C)O1. The van der Waals surface area contributed by atoms with Crippen LogP contribution in [0.25, 0.3) is 0 Å². The summed E-state index contributed by atoms with van der Waals surface area (Å²) in [6, 6.07) is 0.747. The van der Waals surface area contributed by atoms with Crippen molar-refractivity contribution in [2.75, 3.05) is 42.3 Å². The Morgan fingerprint density at radius 2 is 1.63 bits per heavy atom. The quantitative estimate of drug-likeness (QED) is 0.733. The summed E-state index contributed by atoms with van der Waals surface area (Å²) in [7, 11) is 11.5. The molecule has 0 amide bonds. The van der Waals surface area contributed by atoms with E-state index in [-0.39, 0.29) is 6.04 Å². The summed E-state index contributed by atoms with van der Waals surface area (Å²) in [4.78, 5) is 14.6. The first-order chi connectivity index (χ1) is 8.68. The number of aliphatic imine (C=N–C) groups is 2. The third-order valence-electron chi connectivity index (χ3n) is 2.55. The van der Waals surface area contributed by atoms with Crippen LogP contribution in [0, 0.1) is 0 Å². The van der Waals surface area contributed by atoms with Crippen LogP contribution in [0.2, 0.25) is 0 Å². The molecule has 0 saturated heterocycles. The van der Waals surface area contributed by atoms with Gasteiger partial charge in [0.15, 0.2) is 0 Å². The minimum absolute atomic E-state index is 0.219. The van der Waals surface area contributed by atoms with Crippen LogP contribution in [0.15, 0.2) is 9.98 Å². The molecule has 19 heavy (non-hydrogen) atoms. The van der Waals surface area contributed by atoms with Gasteiger partial charge in [-0.15, -0.1) is 0 Å². The van der Waals surface area contributed by atoms with Gasteiger partial charge in [-0.2, -0.15) is 9.98 Å². The van der Waals surface area contributed by atoms with Gasteiger partial charge in [-0.1, -0.05) is 0 Å². The topological polar surface area (TPSA) is 55.7 Å². The zero-order chi connectivity index (χ0) is 14.8. The minimum atomic E-state index is -0.935. The molecule has 0 aromatic rings. The predicted molar refractivity (Wildman–Crippen MR) is 78.0 cm³/mol. The van der Waals surface area contributed by atoms with Gasteiger partial charge in [-0.25, -0.2) is 10.2 Å². The number of guanidine groups is 1. The van der Waals surface area contributed by atoms with Gasteiger partial charge in [0.25, 0.3) is 6.02 Å². The average molecular weight is 270 g/mol. The van der Waals surface area contributed by atoms with E-state index in [0.29, 0.717) is 12.0 Å². The zero-order valence-electron chi connectivity index (χ0n) is 13.2. The second kappa shape index (κ2) is 5.75. The van der Waals surface area contributed by atoms with Crippen molar-refractivity contribution in [2.45, 2.75) is 25.9 Å². The lowest BCUT2D eigenvalue weighted by molar-refractivity contribution is -0.106. The molecule has 0 aromatic heterocycles. The standard InChI is InChI=1S/C12H26N6O/c1-9(2)14-12(18(7)8)15-10(16(3)4)13-11(19-12)17(5)6/h9,14H,1-8H3. The Balaban J connectivity index is 3.22. The van der Waals surface area contributed by atoms with E-state index in [1.54, 1.807) is 0 Å². The molecule has 0 saturated carbocycles. The molecule has 1 aliphatic rings. The van der Waals surface area contributed by atoms with Crippen molar-refractivity contribution >= 4 is 12.0 Å². The van der Waals surface area contributed by atoms with Crippen molar-refractivity contribution in [3.8, 4) is 0 Å². The highest BCUT2D eigenvalue weighted by atomic mass is 16.6. The first-order valence-corrected chi connectivity index (χ1v) is 6.35. The maximum atomic E-state index is 5.96. The molecule has 1 atom stereocenters. The summed E-state index contributed by atoms with van der Waals surface area (Å²) >= 11 is 0. The lowest BCUT2D eigenvalue weighted by atomic mass is 10.4. The molecule has 1 rings (SSSR count). The maximum Gasteiger partial charge on any atom is 0.329 e. The van der Waals surface area contributed by atoms with E-state index in [1.807, 2.05) is 57.0 Å². The Labute approximate surface area is 115 Å². The molecule has 0 spiro atoms. The first kappa shape index (κ1) is 15.7. The van der Waals surface area contributed by atoms with Crippen molar-refractivity contribution < 1.29 is 4.74 Å². The van der Waals surface area contributed by atoms with Gasteiger partial charge < -0.3 is 14.5 Å². The van der Waals surface area contributed by atoms with Gasteiger partial charge in [0.05, 0.1) is 0 Å². The van der Waals surface area contributed by atoms with E-state index in [1.165, 1.54) is 0 Å². The van der Waals surface area contributed by atoms with Crippen molar-refractivity contribution in [2.24, 2.45) is 9.98 Å². The van der Waals surface area contributed by atoms with Crippen LogP contribution in [0.4, 0.5) is 0 Å². The molecule has 7 heteroatoms. The van der Waals surface area contributed by atoms with Gasteiger partial charge in [0.2, 0.25) is 5.96 Å². The number of hydrogen-bond donors (Lipinski definition) is 1. The van der Waals surface area contributed by atoms with Gasteiger partial charge in [-0.3, -0.25) is 0 Å². The fourth-order valence-corrected chi connectivity index (χ4v) is 1.57. The largest absolute Gasteiger partial charge is 0.408 e. The summed E-state index contributed by atoms with van der Waals surface area (Å²) in [5.41, 5.74) is 0. The molecule has 1 heterocycles. The van der Waals surface area contributed by atoms with Crippen LogP contribution in [0.1, 0.15) is 13.8 Å². The lowest BCUT2D eigenvalue weighted by Crippen LogP contribution is -2.62. The average Bonchev–Trinajstić information content (AvgIpc) is 2.27. The van der Waals surface area contributed by atoms with E-state index in [0.717, 1.165) is 0 Å². The van der Waals surface area contributed by atoms with Gasteiger partial charge in [-0.05, 0) is 27.9 Å². The van der Waals surface area contributed by atoms with Crippen molar-refractivity contribution in [3.63, 3.8) is 0 Å².